The van der Waals surface area contributed by atoms with Gasteiger partial charge in [-0.25, -0.2) is 0 Å². The van der Waals surface area contributed by atoms with E-state index >= 15 is 0 Å². The first-order chi connectivity index (χ1) is 6.72. The minimum Gasteiger partial charge on any atom is -0.396 e. The van der Waals surface area contributed by atoms with E-state index in [9.17, 15) is 4.79 Å². The molecule has 4 nitrogen and oxygen atoms in total. The highest BCUT2D eigenvalue weighted by Crippen LogP contribution is 2.04. The Morgan fingerprint density at radius 1 is 1.64 bits per heavy atom. The zero-order valence-electron chi connectivity index (χ0n) is 8.66. The quantitative estimate of drug-likeness (QED) is 0.476. The van der Waals surface area contributed by atoms with Crippen molar-refractivity contribution < 1.29 is 9.90 Å². The Labute approximate surface area is 89.6 Å². The zero-order valence-corrected chi connectivity index (χ0v) is 9.48. The molecule has 0 radical (unpaired) electrons. The summed E-state index contributed by atoms with van der Waals surface area (Å²) in [4.78, 5) is 11.0. The summed E-state index contributed by atoms with van der Waals surface area (Å²) in [6, 6.07) is -0.237. The molecule has 84 valence electrons. The first kappa shape index (κ1) is 13.7. The molecular formula is C9H20N2O2S. The Balaban J connectivity index is 3.57. The molecule has 0 spiro atoms. The van der Waals surface area contributed by atoms with Gasteiger partial charge in [0.25, 0.3) is 0 Å². The van der Waals surface area contributed by atoms with Gasteiger partial charge in [-0.05, 0) is 25.1 Å². The van der Waals surface area contributed by atoms with Crippen LogP contribution in [-0.4, -0.2) is 41.7 Å². The van der Waals surface area contributed by atoms with Gasteiger partial charge in [0.1, 0.15) is 0 Å². The van der Waals surface area contributed by atoms with Crippen molar-refractivity contribution in [2.45, 2.75) is 25.8 Å². The lowest BCUT2D eigenvalue weighted by Crippen LogP contribution is -2.43. The Bertz CT molecular complexity index is 156. The van der Waals surface area contributed by atoms with Crippen LogP contribution in [0.3, 0.4) is 0 Å². The summed E-state index contributed by atoms with van der Waals surface area (Å²) in [5, 5.41) is 11.6. The molecule has 14 heavy (non-hydrogen) atoms. The third-order valence-electron chi connectivity index (χ3n) is 1.72. The maximum Gasteiger partial charge on any atom is 0.235 e. The summed E-state index contributed by atoms with van der Waals surface area (Å²) in [7, 11) is 0. The number of hydrogen-bond acceptors (Lipinski definition) is 4. The van der Waals surface area contributed by atoms with E-state index in [4.69, 9.17) is 10.8 Å². The number of hydrogen-bond donors (Lipinski definition) is 3. The number of carbonyl (C=O) groups excluding carboxylic acids is 1. The summed E-state index contributed by atoms with van der Waals surface area (Å²) in [6.07, 6.45) is 1.76. The van der Waals surface area contributed by atoms with Gasteiger partial charge in [-0.3, -0.25) is 4.79 Å². The second kappa shape index (κ2) is 9.30. The van der Waals surface area contributed by atoms with Crippen molar-refractivity contribution in [1.29, 1.82) is 0 Å². The fourth-order valence-electron chi connectivity index (χ4n) is 0.928. The van der Waals surface area contributed by atoms with E-state index in [1.54, 1.807) is 11.8 Å². The third kappa shape index (κ3) is 7.17. The Kier molecular flexibility index (Phi) is 9.13. The average molecular weight is 220 g/mol. The van der Waals surface area contributed by atoms with E-state index in [0.717, 1.165) is 25.1 Å². The van der Waals surface area contributed by atoms with Gasteiger partial charge in [-0.15, -0.1) is 0 Å². The molecule has 1 amide bonds. The van der Waals surface area contributed by atoms with Gasteiger partial charge in [-0.2, -0.15) is 11.8 Å². The molecule has 5 heteroatoms. The average Bonchev–Trinajstić information content (AvgIpc) is 2.16. The van der Waals surface area contributed by atoms with Crippen LogP contribution in [0.1, 0.15) is 19.8 Å². The Hall–Kier alpha value is -0.260. The number of nitrogens with two attached hydrogens (primary N) is 1. The lowest BCUT2D eigenvalue weighted by atomic mass is 10.3. The van der Waals surface area contributed by atoms with Gasteiger partial charge in [0.15, 0.2) is 0 Å². The molecule has 0 fully saturated rings. The molecule has 4 N–H and O–H groups in total. The number of rotatable bonds is 9. The Morgan fingerprint density at radius 3 is 2.86 bits per heavy atom. The summed E-state index contributed by atoms with van der Waals surface area (Å²) in [5.41, 5.74) is 5.23. The molecule has 0 saturated heterocycles. The molecule has 0 rings (SSSR count). The molecule has 0 heterocycles. The molecule has 1 unspecified atom stereocenters. The highest BCUT2D eigenvalue weighted by atomic mass is 32.2. The van der Waals surface area contributed by atoms with Crippen molar-refractivity contribution in [3.8, 4) is 0 Å². The fraction of sp³-hybridized carbons (Fsp3) is 0.889. The fourth-order valence-corrected chi connectivity index (χ4v) is 1.95. The molecular weight excluding hydrogens is 200 g/mol. The van der Waals surface area contributed by atoms with E-state index in [-0.39, 0.29) is 18.6 Å². The number of nitrogens with one attached hydrogen (secondary N) is 1. The molecule has 0 aromatic heterocycles. The van der Waals surface area contributed by atoms with Crippen molar-refractivity contribution in [2.24, 2.45) is 5.73 Å². The van der Waals surface area contributed by atoms with Gasteiger partial charge in [-0.1, -0.05) is 6.92 Å². The van der Waals surface area contributed by atoms with E-state index in [0.29, 0.717) is 5.75 Å². The van der Waals surface area contributed by atoms with Gasteiger partial charge in [0.2, 0.25) is 5.91 Å². The summed E-state index contributed by atoms with van der Waals surface area (Å²) >= 11 is 1.64. The molecule has 0 aliphatic rings. The topological polar surface area (TPSA) is 75.3 Å². The lowest BCUT2D eigenvalue weighted by molar-refractivity contribution is -0.119. The minimum absolute atomic E-state index is 0.205. The number of amides is 1. The molecule has 0 saturated carbocycles. The first-order valence-electron chi connectivity index (χ1n) is 4.93. The second-order valence-corrected chi connectivity index (χ2v) is 4.21. The summed E-state index contributed by atoms with van der Waals surface area (Å²) in [6.45, 7) is 3.06. The van der Waals surface area contributed by atoms with E-state index in [1.807, 2.05) is 6.92 Å². The second-order valence-electron chi connectivity index (χ2n) is 3.06. The van der Waals surface area contributed by atoms with Crippen LogP contribution in [0.25, 0.3) is 0 Å². The number of aliphatic hydroxyl groups excluding tert-OH is 1. The molecule has 0 aliphatic heterocycles. The highest BCUT2D eigenvalue weighted by Gasteiger charge is 2.13. The first-order valence-corrected chi connectivity index (χ1v) is 6.09. The van der Waals surface area contributed by atoms with Gasteiger partial charge in [0, 0.05) is 12.4 Å². The van der Waals surface area contributed by atoms with Crippen LogP contribution in [0.4, 0.5) is 0 Å². The standard InChI is InChI=1S/C9H20N2O2S/c1-2-4-11-8(9(10)13)7-14-6-3-5-12/h8,11-12H,2-7H2,1H3,(H2,10,13). The van der Waals surface area contributed by atoms with Crippen molar-refractivity contribution in [1.82, 2.24) is 5.32 Å². The maximum absolute atomic E-state index is 11.0. The van der Waals surface area contributed by atoms with Crippen LogP contribution in [0.15, 0.2) is 0 Å². The van der Waals surface area contributed by atoms with Gasteiger partial charge >= 0.3 is 0 Å². The summed E-state index contributed by atoms with van der Waals surface area (Å²) in [5.74, 6) is 1.26. The van der Waals surface area contributed by atoms with Crippen LogP contribution in [0.2, 0.25) is 0 Å². The molecule has 0 aromatic rings. The minimum atomic E-state index is -0.296. The van der Waals surface area contributed by atoms with Crippen molar-refractivity contribution in [3.63, 3.8) is 0 Å². The van der Waals surface area contributed by atoms with Crippen LogP contribution < -0.4 is 11.1 Å². The van der Waals surface area contributed by atoms with E-state index < -0.39 is 0 Å². The smallest absolute Gasteiger partial charge is 0.235 e. The van der Waals surface area contributed by atoms with Crippen molar-refractivity contribution in [2.75, 3.05) is 24.7 Å². The van der Waals surface area contributed by atoms with Crippen LogP contribution >= 0.6 is 11.8 Å². The number of thioether (sulfide) groups is 1. The van der Waals surface area contributed by atoms with Crippen LogP contribution in [0.5, 0.6) is 0 Å². The molecule has 0 aromatic carbocycles. The predicted molar refractivity (Wildman–Crippen MR) is 60.3 cm³/mol. The van der Waals surface area contributed by atoms with Crippen LogP contribution in [0, 0.1) is 0 Å². The van der Waals surface area contributed by atoms with Crippen LogP contribution in [-0.2, 0) is 4.79 Å². The van der Waals surface area contributed by atoms with E-state index in [1.165, 1.54) is 0 Å². The normalized spacial score (nSPS) is 12.7. The van der Waals surface area contributed by atoms with Crippen molar-refractivity contribution in [3.05, 3.63) is 0 Å². The van der Waals surface area contributed by atoms with E-state index in [2.05, 4.69) is 5.32 Å². The highest BCUT2D eigenvalue weighted by molar-refractivity contribution is 7.99. The SMILES string of the molecule is CCCNC(CSCCCO)C(N)=O. The predicted octanol–water partition coefficient (Wildman–Crippen LogP) is -0.0445. The number of primary amides is 1. The van der Waals surface area contributed by atoms with Crippen molar-refractivity contribution >= 4 is 17.7 Å². The monoisotopic (exact) mass is 220 g/mol. The largest absolute Gasteiger partial charge is 0.396 e. The number of carbonyl (C=O) groups is 1. The van der Waals surface area contributed by atoms with Gasteiger partial charge in [0.05, 0.1) is 6.04 Å². The maximum atomic E-state index is 11.0. The third-order valence-corrected chi connectivity index (χ3v) is 2.86. The number of aliphatic hydroxyl groups is 1. The Morgan fingerprint density at radius 2 is 2.36 bits per heavy atom. The van der Waals surface area contributed by atoms with Gasteiger partial charge < -0.3 is 16.2 Å². The zero-order chi connectivity index (χ0) is 10.8. The molecule has 0 bridgehead atoms. The lowest BCUT2D eigenvalue weighted by Gasteiger charge is -2.13. The molecule has 0 aliphatic carbocycles. The molecule has 1 atom stereocenters. The summed E-state index contributed by atoms with van der Waals surface area (Å²) < 4.78 is 0.